The molecule has 0 aliphatic rings. The van der Waals surface area contributed by atoms with Gasteiger partial charge in [-0.15, -0.1) is 0 Å². The number of carbonyl (C=O) groups is 1. The number of aliphatic carboxylic acids is 1. The third kappa shape index (κ3) is 5.89. The summed E-state index contributed by atoms with van der Waals surface area (Å²) in [5, 5.41) is 8.78. The van der Waals surface area contributed by atoms with Crippen molar-refractivity contribution >= 4 is 5.97 Å². The van der Waals surface area contributed by atoms with Crippen molar-refractivity contribution < 1.29 is 19.4 Å². The Morgan fingerprint density at radius 2 is 2.00 bits per heavy atom. The highest BCUT2D eigenvalue weighted by molar-refractivity contribution is 5.86. The first-order chi connectivity index (χ1) is 9.52. The first-order valence-electron chi connectivity index (χ1n) is 6.81. The fourth-order valence-electron chi connectivity index (χ4n) is 1.63. The van der Waals surface area contributed by atoms with Crippen molar-refractivity contribution in [2.75, 3.05) is 6.61 Å². The van der Waals surface area contributed by atoms with E-state index < -0.39 is 5.97 Å². The fourth-order valence-corrected chi connectivity index (χ4v) is 1.63. The van der Waals surface area contributed by atoms with Gasteiger partial charge in [-0.1, -0.05) is 32.1 Å². The Balaban J connectivity index is 2.46. The summed E-state index contributed by atoms with van der Waals surface area (Å²) in [6.07, 6.45) is 2.15. The van der Waals surface area contributed by atoms with Crippen molar-refractivity contribution in [2.45, 2.75) is 39.4 Å². The molecule has 1 N–H and O–H groups in total. The zero-order valence-corrected chi connectivity index (χ0v) is 12.1. The highest BCUT2D eigenvalue weighted by Crippen LogP contribution is 2.16. The van der Waals surface area contributed by atoms with Crippen LogP contribution in [0, 0.1) is 0 Å². The Kier molecular flexibility index (Phi) is 6.81. The maximum atomic E-state index is 10.7. The molecule has 1 aromatic carbocycles. The van der Waals surface area contributed by atoms with Crippen LogP contribution in [-0.4, -0.2) is 24.0 Å². The molecule has 1 rings (SSSR count). The van der Waals surface area contributed by atoms with E-state index in [0.717, 1.165) is 18.4 Å². The Labute approximate surface area is 120 Å². The van der Waals surface area contributed by atoms with Gasteiger partial charge in [-0.25, -0.2) is 4.79 Å². The highest BCUT2D eigenvalue weighted by atomic mass is 16.7. The predicted octanol–water partition coefficient (Wildman–Crippen LogP) is 3.41. The minimum atomic E-state index is -0.969. The lowest BCUT2D eigenvalue weighted by Crippen LogP contribution is -2.16. The van der Waals surface area contributed by atoms with Gasteiger partial charge in [-0.3, -0.25) is 0 Å². The summed E-state index contributed by atoms with van der Waals surface area (Å²) < 4.78 is 11.1. The van der Waals surface area contributed by atoms with E-state index in [2.05, 4.69) is 13.5 Å². The maximum Gasteiger partial charge on any atom is 0.331 e. The summed E-state index contributed by atoms with van der Waals surface area (Å²) in [6.45, 7) is 8.17. The van der Waals surface area contributed by atoms with Crippen LogP contribution >= 0.6 is 0 Å². The van der Waals surface area contributed by atoms with Gasteiger partial charge < -0.3 is 14.6 Å². The maximum absolute atomic E-state index is 10.7. The molecule has 1 aromatic rings. The lowest BCUT2D eigenvalue weighted by molar-refractivity contribution is -0.132. The van der Waals surface area contributed by atoms with Crippen molar-refractivity contribution in [3.8, 4) is 5.75 Å². The van der Waals surface area contributed by atoms with Crippen LogP contribution in [0.5, 0.6) is 5.75 Å². The van der Waals surface area contributed by atoms with E-state index in [1.54, 1.807) is 0 Å². The van der Waals surface area contributed by atoms with Crippen LogP contribution in [0.1, 0.15) is 32.3 Å². The monoisotopic (exact) mass is 278 g/mol. The third-order valence-electron chi connectivity index (χ3n) is 2.80. The quantitative estimate of drug-likeness (QED) is 0.427. The summed E-state index contributed by atoms with van der Waals surface area (Å²) >= 11 is 0. The number of hydrogen-bond acceptors (Lipinski definition) is 3. The molecule has 0 amide bonds. The molecule has 0 bridgehead atoms. The largest absolute Gasteiger partial charge is 0.478 e. The van der Waals surface area contributed by atoms with E-state index in [0.29, 0.717) is 18.8 Å². The third-order valence-corrected chi connectivity index (χ3v) is 2.80. The zero-order chi connectivity index (χ0) is 15.0. The van der Waals surface area contributed by atoms with Gasteiger partial charge in [0.15, 0.2) is 6.29 Å². The molecule has 4 nitrogen and oxygen atoms in total. The summed E-state index contributed by atoms with van der Waals surface area (Å²) in [6, 6.07) is 7.29. The highest BCUT2D eigenvalue weighted by Gasteiger charge is 2.07. The average molecular weight is 278 g/mol. The second-order valence-electron chi connectivity index (χ2n) is 4.64. The van der Waals surface area contributed by atoms with Gasteiger partial charge in [0.2, 0.25) is 0 Å². The van der Waals surface area contributed by atoms with E-state index in [9.17, 15) is 4.79 Å². The van der Waals surface area contributed by atoms with Crippen LogP contribution in [0.3, 0.4) is 0 Å². The van der Waals surface area contributed by atoms with Crippen molar-refractivity contribution in [3.05, 3.63) is 42.0 Å². The Morgan fingerprint density at radius 1 is 1.35 bits per heavy atom. The molecule has 1 atom stereocenters. The predicted molar refractivity (Wildman–Crippen MR) is 77.9 cm³/mol. The summed E-state index contributed by atoms with van der Waals surface area (Å²) in [4.78, 5) is 10.7. The molecule has 0 fully saturated rings. The van der Waals surface area contributed by atoms with Crippen LogP contribution in [-0.2, 0) is 16.0 Å². The number of hydrogen-bond donors (Lipinski definition) is 1. The van der Waals surface area contributed by atoms with Crippen LogP contribution in [0.25, 0.3) is 0 Å². The Hall–Kier alpha value is -1.81. The number of rotatable bonds is 9. The van der Waals surface area contributed by atoms with Gasteiger partial charge in [0.25, 0.3) is 0 Å². The first-order valence-corrected chi connectivity index (χ1v) is 6.81. The Bertz CT molecular complexity index is 436. The molecule has 20 heavy (non-hydrogen) atoms. The molecule has 4 heteroatoms. The van der Waals surface area contributed by atoms with Gasteiger partial charge >= 0.3 is 5.97 Å². The molecule has 0 aromatic heterocycles. The van der Waals surface area contributed by atoms with E-state index in [1.807, 2.05) is 31.2 Å². The minimum absolute atomic E-state index is 0.176. The summed E-state index contributed by atoms with van der Waals surface area (Å²) in [5.41, 5.74) is 1.07. The fraction of sp³-hybridized carbons (Fsp3) is 0.438. The SMILES string of the molecule is C=C(Cc1ccc(OC(C)OCCCC)cc1)C(=O)O. The molecular formula is C16H22O4. The second kappa shape index (κ2) is 8.38. The van der Waals surface area contributed by atoms with Crippen LogP contribution in [0.15, 0.2) is 36.4 Å². The van der Waals surface area contributed by atoms with Gasteiger partial charge in [-0.05, 0) is 31.0 Å². The average Bonchev–Trinajstić information content (AvgIpc) is 2.41. The zero-order valence-electron chi connectivity index (χ0n) is 12.1. The second-order valence-corrected chi connectivity index (χ2v) is 4.64. The van der Waals surface area contributed by atoms with Crippen molar-refractivity contribution in [2.24, 2.45) is 0 Å². The summed E-state index contributed by atoms with van der Waals surface area (Å²) in [7, 11) is 0. The van der Waals surface area contributed by atoms with E-state index in [1.165, 1.54) is 0 Å². The molecule has 0 heterocycles. The molecule has 110 valence electrons. The van der Waals surface area contributed by atoms with E-state index in [-0.39, 0.29) is 11.9 Å². The molecule has 0 saturated heterocycles. The lowest BCUT2D eigenvalue weighted by atomic mass is 10.1. The van der Waals surface area contributed by atoms with Crippen LogP contribution in [0.2, 0.25) is 0 Å². The smallest absolute Gasteiger partial charge is 0.331 e. The van der Waals surface area contributed by atoms with Crippen molar-refractivity contribution in [1.82, 2.24) is 0 Å². The van der Waals surface area contributed by atoms with Crippen LogP contribution < -0.4 is 4.74 Å². The summed E-state index contributed by atoms with van der Waals surface area (Å²) in [5.74, 6) is -0.262. The molecular weight excluding hydrogens is 256 g/mol. The molecule has 0 aliphatic heterocycles. The Morgan fingerprint density at radius 3 is 2.55 bits per heavy atom. The molecule has 1 unspecified atom stereocenters. The topological polar surface area (TPSA) is 55.8 Å². The van der Waals surface area contributed by atoms with Gasteiger partial charge in [0, 0.05) is 12.0 Å². The molecule has 0 radical (unpaired) electrons. The van der Waals surface area contributed by atoms with Gasteiger partial charge in [0.05, 0.1) is 6.61 Å². The van der Waals surface area contributed by atoms with Crippen LogP contribution in [0.4, 0.5) is 0 Å². The minimum Gasteiger partial charge on any atom is -0.478 e. The van der Waals surface area contributed by atoms with E-state index in [4.69, 9.17) is 14.6 Å². The molecule has 0 saturated carbocycles. The number of benzene rings is 1. The van der Waals surface area contributed by atoms with E-state index >= 15 is 0 Å². The molecule has 0 aliphatic carbocycles. The number of unbranched alkanes of at least 4 members (excludes halogenated alkanes) is 1. The van der Waals surface area contributed by atoms with Crippen molar-refractivity contribution in [1.29, 1.82) is 0 Å². The van der Waals surface area contributed by atoms with Gasteiger partial charge in [-0.2, -0.15) is 0 Å². The first kappa shape index (κ1) is 16.2. The lowest BCUT2D eigenvalue weighted by Gasteiger charge is -2.15. The number of carboxylic acid groups (broad SMARTS) is 1. The molecule has 0 spiro atoms. The normalized spacial score (nSPS) is 11.9. The number of ether oxygens (including phenoxy) is 2. The number of carboxylic acids is 1. The van der Waals surface area contributed by atoms with Gasteiger partial charge in [0.1, 0.15) is 5.75 Å². The van der Waals surface area contributed by atoms with Crippen molar-refractivity contribution in [3.63, 3.8) is 0 Å². The standard InChI is InChI=1S/C16H22O4/c1-4-5-10-19-13(3)20-15-8-6-14(7-9-15)11-12(2)16(17)18/h6-9,13H,2,4-5,10-11H2,1,3H3,(H,17,18).